The fourth-order valence-electron chi connectivity index (χ4n) is 0.553. The first kappa shape index (κ1) is 7.74. The molecule has 0 spiro atoms. The standard InChI is InChI=1S/C8H15/c1-3-5-7-8-6-4-2/h8H,3-5,7H2,1-2H3. The first-order valence-electron chi connectivity index (χ1n) is 3.46. The Labute approximate surface area is 52.6 Å². The van der Waals surface area contributed by atoms with Crippen LogP contribution in [-0.4, -0.2) is 0 Å². The molecule has 0 aromatic carbocycles. The van der Waals surface area contributed by atoms with Gasteiger partial charge in [0.1, 0.15) is 0 Å². The van der Waals surface area contributed by atoms with Gasteiger partial charge in [0.25, 0.3) is 0 Å². The number of unbranched alkanes of at least 4 members (excludes halogenated alkanes) is 2. The fraction of sp³-hybridized carbons (Fsp3) is 0.750. The van der Waals surface area contributed by atoms with E-state index in [0.29, 0.717) is 0 Å². The van der Waals surface area contributed by atoms with E-state index in [-0.39, 0.29) is 0 Å². The third-order valence-corrected chi connectivity index (χ3v) is 1.05. The van der Waals surface area contributed by atoms with Crippen molar-refractivity contribution >= 4 is 0 Å². The van der Waals surface area contributed by atoms with Crippen LogP contribution in [0.2, 0.25) is 0 Å². The smallest absolute Gasteiger partial charge is 0.0308 e. The van der Waals surface area contributed by atoms with E-state index >= 15 is 0 Å². The molecule has 0 aliphatic rings. The zero-order chi connectivity index (χ0) is 6.24. The Bertz CT molecular complexity index is 53.1. The molecule has 0 heterocycles. The van der Waals surface area contributed by atoms with Crippen molar-refractivity contribution in [1.82, 2.24) is 0 Å². The number of hydrogen-bond acceptors (Lipinski definition) is 0. The van der Waals surface area contributed by atoms with Gasteiger partial charge in [-0.1, -0.05) is 32.8 Å². The molecule has 0 unspecified atom stereocenters. The summed E-state index contributed by atoms with van der Waals surface area (Å²) in [7, 11) is 0. The maximum Gasteiger partial charge on any atom is -0.0308 e. The van der Waals surface area contributed by atoms with E-state index in [0.717, 1.165) is 6.42 Å². The molecule has 0 amide bonds. The van der Waals surface area contributed by atoms with Crippen molar-refractivity contribution in [2.24, 2.45) is 0 Å². The van der Waals surface area contributed by atoms with Crippen LogP contribution in [0.5, 0.6) is 0 Å². The topological polar surface area (TPSA) is 0 Å². The second-order valence-corrected chi connectivity index (χ2v) is 1.90. The van der Waals surface area contributed by atoms with E-state index in [9.17, 15) is 0 Å². The lowest BCUT2D eigenvalue weighted by Gasteiger charge is -1.84. The molecule has 0 rings (SSSR count). The average molecular weight is 111 g/mol. The van der Waals surface area contributed by atoms with Gasteiger partial charge in [-0.05, 0) is 18.9 Å². The van der Waals surface area contributed by atoms with Crippen LogP contribution in [0.3, 0.4) is 0 Å². The first-order chi connectivity index (χ1) is 3.91. The van der Waals surface area contributed by atoms with Crippen molar-refractivity contribution in [3.05, 3.63) is 12.2 Å². The van der Waals surface area contributed by atoms with Crippen LogP contribution < -0.4 is 0 Å². The largest absolute Gasteiger partial charge is 0.0811 e. The number of allylic oxidation sites excluding steroid dienone is 2. The molecule has 47 valence electrons. The van der Waals surface area contributed by atoms with Crippen LogP contribution in [0.1, 0.15) is 39.5 Å². The Morgan fingerprint density at radius 2 is 2.12 bits per heavy atom. The summed E-state index contributed by atoms with van der Waals surface area (Å²) < 4.78 is 0. The van der Waals surface area contributed by atoms with Crippen molar-refractivity contribution in [2.45, 2.75) is 39.5 Å². The molecule has 0 N–H and O–H groups in total. The van der Waals surface area contributed by atoms with Crippen molar-refractivity contribution < 1.29 is 0 Å². The lowest BCUT2D eigenvalue weighted by molar-refractivity contribution is 0.811. The molecule has 0 aliphatic heterocycles. The SMILES string of the molecule is CC/[C]=C\CCCC. The molecule has 0 aliphatic carbocycles. The zero-order valence-electron chi connectivity index (χ0n) is 5.91. The summed E-state index contributed by atoms with van der Waals surface area (Å²) in [6, 6.07) is 0. The summed E-state index contributed by atoms with van der Waals surface area (Å²) >= 11 is 0. The van der Waals surface area contributed by atoms with E-state index < -0.39 is 0 Å². The van der Waals surface area contributed by atoms with Gasteiger partial charge in [0, 0.05) is 0 Å². The van der Waals surface area contributed by atoms with Gasteiger partial charge in [-0.25, -0.2) is 0 Å². The second-order valence-electron chi connectivity index (χ2n) is 1.90. The van der Waals surface area contributed by atoms with Crippen molar-refractivity contribution in [1.29, 1.82) is 0 Å². The van der Waals surface area contributed by atoms with E-state index in [2.05, 4.69) is 26.0 Å². The predicted molar refractivity (Wildman–Crippen MR) is 37.6 cm³/mol. The molecule has 0 saturated heterocycles. The highest BCUT2D eigenvalue weighted by Gasteiger charge is 1.75. The third-order valence-electron chi connectivity index (χ3n) is 1.05. The molecule has 0 aromatic heterocycles. The van der Waals surface area contributed by atoms with Gasteiger partial charge in [0.05, 0.1) is 0 Å². The van der Waals surface area contributed by atoms with Crippen LogP contribution in [0.25, 0.3) is 0 Å². The van der Waals surface area contributed by atoms with E-state index in [4.69, 9.17) is 0 Å². The second kappa shape index (κ2) is 6.74. The molecule has 8 heavy (non-hydrogen) atoms. The molecule has 1 radical (unpaired) electrons. The van der Waals surface area contributed by atoms with Gasteiger partial charge in [-0.15, -0.1) is 0 Å². The van der Waals surface area contributed by atoms with Gasteiger partial charge in [0.2, 0.25) is 0 Å². The summed E-state index contributed by atoms with van der Waals surface area (Å²) in [6.45, 7) is 4.32. The molecule has 0 atom stereocenters. The molecular weight excluding hydrogens is 96.1 g/mol. The van der Waals surface area contributed by atoms with E-state index in [1.54, 1.807) is 0 Å². The predicted octanol–water partition coefficient (Wildman–Crippen LogP) is 2.95. The van der Waals surface area contributed by atoms with Gasteiger partial charge in [0.15, 0.2) is 0 Å². The first-order valence-corrected chi connectivity index (χ1v) is 3.46. The van der Waals surface area contributed by atoms with Crippen LogP contribution in [0, 0.1) is 6.08 Å². The highest BCUT2D eigenvalue weighted by molar-refractivity contribution is 4.71. The molecule has 0 heteroatoms. The normalized spacial score (nSPS) is 10.8. The van der Waals surface area contributed by atoms with Crippen LogP contribution in [-0.2, 0) is 0 Å². The number of hydrogen-bond donors (Lipinski definition) is 0. The monoisotopic (exact) mass is 111 g/mol. The Balaban J connectivity index is 2.80. The quantitative estimate of drug-likeness (QED) is 0.489. The Kier molecular flexibility index (Phi) is 6.52. The summed E-state index contributed by atoms with van der Waals surface area (Å²) in [4.78, 5) is 0. The van der Waals surface area contributed by atoms with Crippen molar-refractivity contribution in [2.75, 3.05) is 0 Å². The number of rotatable bonds is 4. The maximum absolute atomic E-state index is 3.16. The average Bonchev–Trinajstić information content (AvgIpc) is 1.81. The van der Waals surface area contributed by atoms with Crippen LogP contribution in [0.15, 0.2) is 6.08 Å². The Morgan fingerprint density at radius 3 is 2.62 bits per heavy atom. The molecule has 0 nitrogen and oxygen atoms in total. The third kappa shape index (κ3) is 5.74. The Hall–Kier alpha value is -0.260. The fourth-order valence-corrected chi connectivity index (χ4v) is 0.553. The van der Waals surface area contributed by atoms with Crippen molar-refractivity contribution in [3.63, 3.8) is 0 Å². The summed E-state index contributed by atoms with van der Waals surface area (Å²) in [5.74, 6) is 0. The van der Waals surface area contributed by atoms with Gasteiger partial charge in [-0.3, -0.25) is 0 Å². The van der Waals surface area contributed by atoms with E-state index in [1.807, 2.05) is 0 Å². The lowest BCUT2D eigenvalue weighted by atomic mass is 10.2. The van der Waals surface area contributed by atoms with Gasteiger partial charge in [-0.2, -0.15) is 0 Å². The minimum atomic E-state index is 1.06. The molecule has 0 aromatic rings. The minimum absolute atomic E-state index is 1.06. The zero-order valence-corrected chi connectivity index (χ0v) is 5.91. The molecule has 0 fully saturated rings. The molecule has 0 saturated carbocycles. The van der Waals surface area contributed by atoms with E-state index in [1.165, 1.54) is 19.3 Å². The Morgan fingerprint density at radius 1 is 1.38 bits per heavy atom. The summed E-state index contributed by atoms with van der Waals surface area (Å²) in [6.07, 6.45) is 10.2. The maximum atomic E-state index is 3.16. The summed E-state index contributed by atoms with van der Waals surface area (Å²) in [5.41, 5.74) is 0. The molecule has 0 bridgehead atoms. The highest BCUT2D eigenvalue weighted by atomic mass is 13.8. The lowest BCUT2D eigenvalue weighted by Crippen LogP contribution is -1.65. The highest BCUT2D eigenvalue weighted by Crippen LogP contribution is 1.94. The van der Waals surface area contributed by atoms with Crippen LogP contribution in [0.4, 0.5) is 0 Å². The molecular formula is C8H15. The van der Waals surface area contributed by atoms with Crippen molar-refractivity contribution in [3.8, 4) is 0 Å². The van der Waals surface area contributed by atoms with Crippen LogP contribution >= 0.6 is 0 Å². The van der Waals surface area contributed by atoms with Gasteiger partial charge < -0.3 is 0 Å². The summed E-state index contributed by atoms with van der Waals surface area (Å²) in [5, 5.41) is 0. The minimum Gasteiger partial charge on any atom is -0.0811 e. The van der Waals surface area contributed by atoms with Gasteiger partial charge >= 0.3 is 0 Å².